The van der Waals surface area contributed by atoms with Crippen molar-refractivity contribution in [2.75, 3.05) is 0 Å². The fourth-order valence-corrected chi connectivity index (χ4v) is 6.93. The summed E-state index contributed by atoms with van der Waals surface area (Å²) in [7, 11) is -1.85. The zero-order valence-corrected chi connectivity index (χ0v) is 20.6. The molecule has 0 aliphatic heterocycles. The number of hydrogen-bond acceptors (Lipinski definition) is 1. The molecule has 0 fully saturated rings. The van der Waals surface area contributed by atoms with Crippen LogP contribution in [0.4, 0.5) is 0 Å². The maximum absolute atomic E-state index is 6.99. The Balaban J connectivity index is 1.79. The summed E-state index contributed by atoms with van der Waals surface area (Å²) in [5.74, 6) is 0. The summed E-state index contributed by atoms with van der Waals surface area (Å²) in [5, 5.41) is 8.44. The van der Waals surface area contributed by atoms with E-state index in [0.29, 0.717) is 0 Å². The first-order valence-electron chi connectivity index (χ1n) is 10.7. The lowest BCUT2D eigenvalue weighted by Crippen LogP contribution is -2.42. The number of hydrogen-bond donors (Lipinski definition) is 0. The first-order chi connectivity index (χ1) is 13.7. The van der Waals surface area contributed by atoms with Gasteiger partial charge in [-0.2, -0.15) is 0 Å². The predicted molar refractivity (Wildman–Crippen MR) is 132 cm³/mol. The van der Waals surface area contributed by atoms with Crippen LogP contribution in [0.15, 0.2) is 46.9 Å². The van der Waals surface area contributed by atoms with E-state index >= 15 is 0 Å². The van der Waals surface area contributed by atoms with Gasteiger partial charge < -0.3 is 4.43 Å². The Morgan fingerprint density at radius 1 is 0.931 bits per heavy atom. The van der Waals surface area contributed by atoms with E-state index in [1.165, 1.54) is 54.3 Å². The van der Waals surface area contributed by atoms with Crippen molar-refractivity contribution in [3.8, 4) is 0 Å². The van der Waals surface area contributed by atoms with Crippen LogP contribution in [0.5, 0.6) is 0 Å². The Hall–Kier alpha value is -1.42. The van der Waals surface area contributed by atoms with Crippen LogP contribution in [0.1, 0.15) is 50.8 Å². The van der Waals surface area contributed by atoms with Crippen LogP contribution < -0.4 is 0 Å². The highest BCUT2D eigenvalue weighted by Crippen LogP contribution is 2.49. The molecular weight excluding hydrogens is 436 g/mol. The van der Waals surface area contributed by atoms with Gasteiger partial charge in [0, 0.05) is 4.47 Å². The van der Waals surface area contributed by atoms with E-state index in [1.54, 1.807) is 0 Å². The van der Waals surface area contributed by atoms with Crippen molar-refractivity contribution in [1.29, 1.82) is 0 Å². The molecule has 0 saturated heterocycles. The molecule has 0 N–H and O–H groups in total. The van der Waals surface area contributed by atoms with Crippen LogP contribution in [0, 0.1) is 0 Å². The summed E-state index contributed by atoms with van der Waals surface area (Å²) >= 11 is 4.05. The summed E-state index contributed by atoms with van der Waals surface area (Å²) in [5.41, 5.74) is 2.91. The van der Waals surface area contributed by atoms with Gasteiger partial charge in [0.1, 0.15) is 0 Å². The van der Waals surface area contributed by atoms with E-state index in [4.69, 9.17) is 4.43 Å². The van der Waals surface area contributed by atoms with Crippen molar-refractivity contribution in [3.63, 3.8) is 0 Å². The molecule has 0 spiro atoms. The highest BCUT2D eigenvalue weighted by atomic mass is 79.9. The third-order valence-corrected chi connectivity index (χ3v) is 12.7. The smallest absolute Gasteiger partial charge is 0.192 e. The van der Waals surface area contributed by atoms with Crippen molar-refractivity contribution >= 4 is 56.6 Å². The molecule has 29 heavy (non-hydrogen) atoms. The molecule has 3 heteroatoms. The molecule has 5 rings (SSSR count). The molecule has 1 nitrogen and oxygen atoms in total. The van der Waals surface area contributed by atoms with Gasteiger partial charge in [-0.15, -0.1) is 0 Å². The molecule has 0 aromatic heterocycles. The summed E-state index contributed by atoms with van der Waals surface area (Å²) in [6.07, 6.45) is 3.64. The van der Waals surface area contributed by atoms with Gasteiger partial charge in [-0.25, -0.2) is 0 Å². The minimum atomic E-state index is -1.85. The van der Waals surface area contributed by atoms with E-state index < -0.39 is 8.32 Å². The van der Waals surface area contributed by atoms with Crippen LogP contribution in [0.25, 0.3) is 32.3 Å². The van der Waals surface area contributed by atoms with Gasteiger partial charge >= 0.3 is 0 Å². The molecule has 1 unspecified atom stereocenters. The fourth-order valence-electron chi connectivity index (χ4n) is 4.80. The standard InChI is InChI=1S/C26H29BrOSi/c1-26(2,3)29(4,5)28-21-11-7-10-18-19-14-12-16-8-6-9-17-13-15-20(23(19)22(16)17)25(27)24(18)21/h6,8-9,12-15,21H,7,10-11H2,1-5H3. The monoisotopic (exact) mass is 464 g/mol. The van der Waals surface area contributed by atoms with Crippen molar-refractivity contribution in [2.45, 2.75) is 64.3 Å². The maximum Gasteiger partial charge on any atom is 0.192 e. The zero-order chi connectivity index (χ0) is 20.6. The molecule has 1 aliphatic carbocycles. The number of rotatable bonds is 2. The van der Waals surface area contributed by atoms with Crippen molar-refractivity contribution in [1.82, 2.24) is 0 Å². The van der Waals surface area contributed by atoms with Crippen LogP contribution in [0.2, 0.25) is 18.1 Å². The van der Waals surface area contributed by atoms with Gasteiger partial charge in [-0.3, -0.25) is 0 Å². The molecule has 0 bridgehead atoms. The summed E-state index contributed by atoms with van der Waals surface area (Å²) in [4.78, 5) is 0. The number of fused-ring (bicyclic) bond motifs is 2. The first-order valence-corrected chi connectivity index (χ1v) is 14.4. The Bertz CT molecular complexity index is 1220. The van der Waals surface area contributed by atoms with Gasteiger partial charge in [-0.1, -0.05) is 63.2 Å². The van der Waals surface area contributed by atoms with Crippen molar-refractivity contribution in [3.05, 3.63) is 58.1 Å². The van der Waals surface area contributed by atoms with Gasteiger partial charge in [0.15, 0.2) is 8.32 Å². The van der Waals surface area contributed by atoms with Crippen LogP contribution in [0.3, 0.4) is 0 Å². The second-order valence-corrected chi connectivity index (χ2v) is 15.7. The van der Waals surface area contributed by atoms with Crippen LogP contribution in [-0.2, 0) is 10.8 Å². The predicted octanol–water partition coefficient (Wildman–Crippen LogP) is 8.75. The summed E-state index contributed by atoms with van der Waals surface area (Å²) in [6.45, 7) is 11.7. The number of halogens is 1. The van der Waals surface area contributed by atoms with E-state index in [0.717, 1.165) is 12.8 Å². The Morgan fingerprint density at radius 2 is 1.59 bits per heavy atom. The highest BCUT2D eigenvalue weighted by molar-refractivity contribution is 9.10. The molecular formula is C26H29BrOSi. The lowest BCUT2D eigenvalue weighted by atomic mass is 9.82. The summed E-state index contributed by atoms with van der Waals surface area (Å²) < 4.78 is 8.24. The second kappa shape index (κ2) is 6.54. The van der Waals surface area contributed by atoms with E-state index in [1.807, 2.05) is 0 Å². The third-order valence-electron chi connectivity index (χ3n) is 7.36. The fraction of sp³-hybridized carbons (Fsp3) is 0.385. The summed E-state index contributed by atoms with van der Waals surface area (Å²) in [6, 6.07) is 15.9. The highest BCUT2D eigenvalue weighted by Gasteiger charge is 2.41. The van der Waals surface area contributed by atoms with E-state index in [-0.39, 0.29) is 11.1 Å². The normalized spacial score (nSPS) is 18.1. The number of aryl methyl sites for hydroxylation is 1. The first kappa shape index (κ1) is 19.5. The molecule has 4 aromatic rings. The quantitative estimate of drug-likeness (QED) is 0.212. The maximum atomic E-state index is 6.99. The lowest BCUT2D eigenvalue weighted by molar-refractivity contribution is 0.163. The SMILES string of the molecule is CC(C)(C)[Si](C)(C)OC1CCCc2c1c(Br)c1ccc3cccc4ccc2c1c34. The zero-order valence-electron chi connectivity index (χ0n) is 18.0. The minimum Gasteiger partial charge on any atom is -0.410 e. The molecule has 1 atom stereocenters. The van der Waals surface area contributed by atoms with Gasteiger partial charge in [0.05, 0.1) is 6.10 Å². The van der Waals surface area contributed by atoms with Crippen LogP contribution >= 0.6 is 15.9 Å². The van der Waals surface area contributed by atoms with Gasteiger partial charge in [0.2, 0.25) is 0 Å². The van der Waals surface area contributed by atoms with E-state index in [9.17, 15) is 0 Å². The molecule has 150 valence electrons. The van der Waals surface area contributed by atoms with Gasteiger partial charge in [-0.05, 0) is 96.8 Å². The number of benzene rings is 4. The Labute approximate surface area is 183 Å². The molecule has 1 aliphatic rings. The van der Waals surface area contributed by atoms with Gasteiger partial charge in [0.25, 0.3) is 0 Å². The minimum absolute atomic E-state index is 0.191. The molecule has 0 heterocycles. The molecule has 4 aromatic carbocycles. The average Bonchev–Trinajstić information content (AvgIpc) is 2.67. The largest absolute Gasteiger partial charge is 0.410 e. The third kappa shape index (κ3) is 2.89. The van der Waals surface area contributed by atoms with Crippen molar-refractivity contribution < 1.29 is 4.43 Å². The van der Waals surface area contributed by atoms with E-state index in [2.05, 4.69) is 92.3 Å². The molecule has 0 amide bonds. The van der Waals surface area contributed by atoms with Crippen molar-refractivity contribution in [2.24, 2.45) is 0 Å². The topological polar surface area (TPSA) is 9.23 Å². The lowest BCUT2D eigenvalue weighted by Gasteiger charge is -2.41. The molecule has 0 radical (unpaired) electrons. The van der Waals surface area contributed by atoms with Crippen LogP contribution in [-0.4, -0.2) is 8.32 Å². The Kier molecular flexibility index (Phi) is 4.40. The molecule has 0 saturated carbocycles. The average molecular weight is 466 g/mol. The Morgan fingerprint density at radius 3 is 2.24 bits per heavy atom. The second-order valence-electron chi connectivity index (χ2n) is 10.1.